The van der Waals surface area contributed by atoms with Crippen molar-refractivity contribution in [2.24, 2.45) is 0 Å². The highest BCUT2D eigenvalue weighted by molar-refractivity contribution is 6.31. The highest BCUT2D eigenvalue weighted by atomic mass is 35.5. The van der Waals surface area contributed by atoms with Crippen molar-refractivity contribution in [3.05, 3.63) is 110 Å². The molecule has 0 saturated heterocycles. The van der Waals surface area contributed by atoms with Crippen molar-refractivity contribution in [2.75, 3.05) is 13.1 Å². The Morgan fingerprint density at radius 3 is 2.85 bits per heavy atom. The number of benzene rings is 2. The van der Waals surface area contributed by atoms with Gasteiger partial charge in [0.2, 0.25) is 5.56 Å². The van der Waals surface area contributed by atoms with Gasteiger partial charge in [-0.15, -0.1) is 0 Å². The predicted octanol–water partition coefficient (Wildman–Crippen LogP) is 6.20. The highest BCUT2D eigenvalue weighted by Crippen LogP contribution is 2.32. The average molecular weight is 554 g/mol. The number of hydrogen-bond acceptors (Lipinski definition) is 4. The largest absolute Gasteiger partial charge is 0.333 e. The quantitative estimate of drug-likeness (QED) is 0.285. The zero-order valence-electron chi connectivity index (χ0n) is 22.7. The molecular formula is C32H32ClN5O2. The van der Waals surface area contributed by atoms with Crippen molar-refractivity contribution < 1.29 is 4.79 Å². The average Bonchev–Trinajstić information content (AvgIpc) is 3.29. The first kappa shape index (κ1) is 27.4. The molecule has 204 valence electrons. The molecule has 2 aromatic heterocycles. The first-order chi connectivity index (χ1) is 19.4. The van der Waals surface area contributed by atoms with E-state index in [4.69, 9.17) is 11.6 Å². The van der Waals surface area contributed by atoms with E-state index in [-0.39, 0.29) is 18.1 Å². The van der Waals surface area contributed by atoms with Crippen LogP contribution in [0.25, 0.3) is 17.0 Å². The topological polar surface area (TPSA) is 93.9 Å². The summed E-state index contributed by atoms with van der Waals surface area (Å²) < 4.78 is 1.73. The second kappa shape index (κ2) is 12.0. The van der Waals surface area contributed by atoms with E-state index in [0.29, 0.717) is 24.4 Å². The molecule has 4 aromatic rings. The molecule has 0 spiro atoms. The third-order valence-corrected chi connectivity index (χ3v) is 8.02. The maximum Gasteiger partial charge on any atom is 0.326 e. The number of nitrogens with one attached hydrogen (secondary N) is 2. The van der Waals surface area contributed by atoms with Crippen LogP contribution in [0, 0.1) is 11.3 Å². The summed E-state index contributed by atoms with van der Waals surface area (Å²) in [5, 5.41) is 14.2. The van der Waals surface area contributed by atoms with Crippen molar-refractivity contribution in [1.82, 2.24) is 19.8 Å². The normalized spacial score (nSPS) is 14.2. The molecule has 0 bridgehead atoms. The molecule has 7 nitrogen and oxygen atoms in total. The molecule has 0 fully saturated rings. The first-order valence-corrected chi connectivity index (χ1v) is 14.0. The Bertz CT molecular complexity index is 1690. The molecule has 0 radical (unpaired) electrons. The van der Waals surface area contributed by atoms with Crippen LogP contribution in [-0.4, -0.2) is 33.6 Å². The number of amides is 1. The van der Waals surface area contributed by atoms with E-state index < -0.39 is 0 Å². The third kappa shape index (κ3) is 5.74. The summed E-state index contributed by atoms with van der Waals surface area (Å²) in [4.78, 5) is 30.0. The summed E-state index contributed by atoms with van der Waals surface area (Å²) in [5.41, 5.74) is 6.20. The van der Waals surface area contributed by atoms with Crippen LogP contribution in [0.15, 0.2) is 65.6 Å². The van der Waals surface area contributed by atoms with Crippen molar-refractivity contribution in [3.8, 4) is 6.07 Å². The van der Waals surface area contributed by atoms with Crippen LogP contribution in [0.4, 0.5) is 4.79 Å². The Balaban J connectivity index is 1.37. The monoisotopic (exact) mass is 553 g/mol. The van der Waals surface area contributed by atoms with Crippen LogP contribution in [0.3, 0.4) is 0 Å². The van der Waals surface area contributed by atoms with E-state index >= 15 is 0 Å². The Morgan fingerprint density at radius 1 is 1.23 bits per heavy atom. The van der Waals surface area contributed by atoms with Crippen LogP contribution in [0.5, 0.6) is 0 Å². The van der Waals surface area contributed by atoms with E-state index in [1.54, 1.807) is 22.9 Å². The van der Waals surface area contributed by atoms with Gasteiger partial charge in [-0.25, -0.2) is 4.79 Å². The van der Waals surface area contributed by atoms with Gasteiger partial charge in [-0.3, -0.25) is 14.3 Å². The van der Waals surface area contributed by atoms with E-state index in [1.165, 1.54) is 11.6 Å². The zero-order valence-corrected chi connectivity index (χ0v) is 23.5. The van der Waals surface area contributed by atoms with Crippen molar-refractivity contribution in [1.29, 1.82) is 5.26 Å². The number of rotatable bonds is 7. The maximum atomic E-state index is 13.4. The lowest BCUT2D eigenvalue weighted by atomic mass is 9.96. The number of carbonyl (C=O) groups is 1. The van der Waals surface area contributed by atoms with Gasteiger partial charge in [-0.2, -0.15) is 5.26 Å². The van der Waals surface area contributed by atoms with E-state index in [2.05, 4.69) is 53.3 Å². The van der Waals surface area contributed by atoms with E-state index in [9.17, 15) is 14.9 Å². The second-order valence-corrected chi connectivity index (χ2v) is 10.7. The number of nitrogens with zero attached hydrogens (tertiary/aromatic N) is 3. The molecule has 1 atom stereocenters. The number of nitriles is 1. The summed E-state index contributed by atoms with van der Waals surface area (Å²) in [6.45, 7) is 6.85. The molecule has 40 heavy (non-hydrogen) atoms. The maximum absolute atomic E-state index is 13.4. The highest BCUT2D eigenvalue weighted by Gasteiger charge is 2.26. The second-order valence-electron chi connectivity index (χ2n) is 10.3. The Morgan fingerprint density at radius 2 is 2.08 bits per heavy atom. The molecule has 1 aliphatic rings. The summed E-state index contributed by atoms with van der Waals surface area (Å²) in [5.74, 6) is 0.407. The van der Waals surface area contributed by atoms with Gasteiger partial charge in [-0.05, 0) is 64.9 Å². The molecule has 8 heteroatoms. The minimum atomic E-state index is -0.246. The zero-order chi connectivity index (χ0) is 28.2. The van der Waals surface area contributed by atoms with Crippen LogP contribution < -0.4 is 10.9 Å². The Kier molecular flexibility index (Phi) is 8.20. The SMILES string of the molecule is CCC(C)c1cc(/C=C/CN2CCc3c(c4cc(C#N)ccc4n3C(=O)NCc3cc[nH]c(=O)c3)C2)ccc1Cl. The van der Waals surface area contributed by atoms with Gasteiger partial charge in [0, 0.05) is 61.0 Å². The molecule has 0 saturated carbocycles. The number of hydrogen-bond donors (Lipinski definition) is 2. The molecule has 5 rings (SSSR count). The van der Waals surface area contributed by atoms with Crippen molar-refractivity contribution in [3.63, 3.8) is 0 Å². The van der Waals surface area contributed by atoms with Gasteiger partial charge < -0.3 is 10.3 Å². The molecule has 0 aliphatic carbocycles. The van der Waals surface area contributed by atoms with Gasteiger partial charge >= 0.3 is 6.03 Å². The summed E-state index contributed by atoms with van der Waals surface area (Å²) >= 11 is 6.43. The van der Waals surface area contributed by atoms with Gasteiger partial charge in [0.25, 0.3) is 0 Å². The van der Waals surface area contributed by atoms with Crippen LogP contribution in [-0.2, 0) is 19.5 Å². The number of fused-ring (bicyclic) bond motifs is 3. The Labute approximate surface area is 238 Å². The fourth-order valence-electron chi connectivity index (χ4n) is 5.33. The molecular weight excluding hydrogens is 522 g/mol. The molecule has 2 aromatic carbocycles. The molecule has 1 amide bonds. The lowest BCUT2D eigenvalue weighted by Gasteiger charge is -2.27. The predicted molar refractivity (Wildman–Crippen MR) is 160 cm³/mol. The third-order valence-electron chi connectivity index (χ3n) is 7.68. The minimum absolute atomic E-state index is 0.208. The number of halogens is 1. The van der Waals surface area contributed by atoms with E-state index in [0.717, 1.165) is 57.8 Å². The van der Waals surface area contributed by atoms with Gasteiger partial charge in [0.05, 0.1) is 17.1 Å². The lowest BCUT2D eigenvalue weighted by Crippen LogP contribution is -2.34. The molecule has 1 aliphatic heterocycles. The standard InChI is InChI=1S/C32H32ClN5O2/c1-3-21(2)25-15-22(6-8-28(25)33)5-4-13-37-14-11-30-27(20-37)26-16-23(18-34)7-9-29(26)38(30)32(40)36-19-24-10-12-35-31(39)17-24/h4-10,12,15-17,21H,3,11,13-14,19-20H2,1-2H3,(H,35,39)(H,36,40)/b5-4+. The number of carbonyl (C=O) groups excluding carboxylic acids is 1. The lowest BCUT2D eigenvalue weighted by molar-refractivity contribution is 0.240. The van der Waals surface area contributed by atoms with Gasteiger partial charge in [0.15, 0.2) is 0 Å². The number of H-pyrrole nitrogens is 1. The Hall–Kier alpha value is -4.12. The summed E-state index contributed by atoms with van der Waals surface area (Å²) in [6, 6.07) is 16.9. The van der Waals surface area contributed by atoms with Gasteiger partial charge in [-0.1, -0.05) is 49.7 Å². The number of aromatic nitrogens is 2. The summed E-state index contributed by atoms with van der Waals surface area (Å²) in [6.07, 6.45) is 7.62. The van der Waals surface area contributed by atoms with E-state index in [1.807, 2.05) is 24.3 Å². The number of aromatic amines is 1. The van der Waals surface area contributed by atoms with Gasteiger partial charge in [0.1, 0.15) is 0 Å². The smallest absolute Gasteiger partial charge is 0.326 e. The fraction of sp³-hybridized carbons (Fsp3) is 0.281. The van der Waals surface area contributed by atoms with Crippen molar-refractivity contribution >= 4 is 34.6 Å². The molecule has 2 N–H and O–H groups in total. The van der Waals surface area contributed by atoms with Crippen LogP contribution >= 0.6 is 11.6 Å². The number of pyridine rings is 1. The minimum Gasteiger partial charge on any atom is -0.333 e. The van der Waals surface area contributed by atoms with Crippen LogP contribution in [0.2, 0.25) is 5.02 Å². The fourth-order valence-corrected chi connectivity index (χ4v) is 5.63. The van der Waals surface area contributed by atoms with Crippen LogP contribution in [0.1, 0.15) is 59.7 Å². The first-order valence-electron chi connectivity index (χ1n) is 13.6. The molecule has 3 heterocycles. The molecule has 1 unspecified atom stereocenters. The summed E-state index contributed by atoms with van der Waals surface area (Å²) in [7, 11) is 0. The van der Waals surface area contributed by atoms with Crippen molar-refractivity contribution in [2.45, 2.75) is 45.7 Å².